The lowest BCUT2D eigenvalue weighted by Crippen LogP contribution is -2.74. The monoisotopic (exact) mass is 308 g/mol. The molecule has 3 rings (SSSR count). The van der Waals surface area contributed by atoms with Gasteiger partial charge in [0.25, 0.3) is 0 Å². The summed E-state index contributed by atoms with van der Waals surface area (Å²) in [6.45, 7) is 5.90. The van der Waals surface area contributed by atoms with Crippen LogP contribution in [0.25, 0.3) is 0 Å². The van der Waals surface area contributed by atoms with E-state index in [0.717, 1.165) is 19.3 Å². The van der Waals surface area contributed by atoms with Gasteiger partial charge >= 0.3 is 7.12 Å². The van der Waals surface area contributed by atoms with Gasteiger partial charge in [0.1, 0.15) is 0 Å². The summed E-state index contributed by atoms with van der Waals surface area (Å²) in [6, 6.07) is 0. The second-order valence-corrected chi connectivity index (χ2v) is 6.58. The van der Waals surface area contributed by atoms with Crippen molar-refractivity contribution >= 4 is 23.0 Å². The number of halogens is 1. The number of aliphatic hydroxyl groups is 2. The summed E-state index contributed by atoms with van der Waals surface area (Å²) < 4.78 is 0. The number of alkyl halides is 1. The first kappa shape index (κ1) is 15.4. The molecule has 3 aliphatic rings. The maximum absolute atomic E-state index is 10.2. The van der Waals surface area contributed by atoms with E-state index in [0.29, 0.717) is 5.92 Å². The van der Waals surface area contributed by atoms with Crippen LogP contribution in [0.15, 0.2) is 0 Å². The maximum atomic E-state index is 10.2. The third-order valence-corrected chi connectivity index (χ3v) is 5.22. The van der Waals surface area contributed by atoms with Crippen molar-refractivity contribution in [1.29, 1.82) is 0 Å². The van der Waals surface area contributed by atoms with Crippen molar-refractivity contribution in [2.45, 2.75) is 51.2 Å². The summed E-state index contributed by atoms with van der Waals surface area (Å²) in [4.78, 5) is 0. The van der Waals surface area contributed by atoms with Gasteiger partial charge in [-0.1, -0.05) is 29.8 Å². The fraction of sp³-hybridized carbons (Fsp3) is 1.00. The highest BCUT2D eigenvalue weighted by atomic mass is 79.9. The van der Waals surface area contributed by atoms with Crippen LogP contribution >= 0.6 is 15.9 Å². The van der Waals surface area contributed by atoms with E-state index >= 15 is 0 Å². The Morgan fingerprint density at radius 2 is 1.71 bits per heavy atom. The molecule has 3 atom stereocenters. The van der Waals surface area contributed by atoms with Gasteiger partial charge in [-0.3, -0.25) is 0 Å². The summed E-state index contributed by atoms with van der Waals surface area (Å²) in [5, 5.41) is 36.2. The van der Waals surface area contributed by atoms with Gasteiger partial charge in [0.15, 0.2) is 0 Å². The van der Waals surface area contributed by atoms with Crippen LogP contribution in [0, 0.1) is 11.3 Å². The first-order valence-electron chi connectivity index (χ1n) is 5.95. The normalized spacial score (nSPS) is 42.0. The van der Waals surface area contributed by atoms with Crippen LogP contribution in [-0.2, 0) is 0 Å². The summed E-state index contributed by atoms with van der Waals surface area (Å²) in [6.07, 6.45) is 2.59. The molecule has 0 heterocycles. The fourth-order valence-corrected chi connectivity index (χ4v) is 3.12. The highest BCUT2D eigenvalue weighted by Gasteiger charge is 2.69. The quantitative estimate of drug-likeness (QED) is 0.425. The van der Waals surface area contributed by atoms with Gasteiger partial charge in [-0.25, -0.2) is 0 Å². The molecule has 0 aliphatic heterocycles. The first-order chi connectivity index (χ1) is 7.58. The lowest BCUT2D eigenvalue weighted by molar-refractivity contribution is -0.312. The molecule has 0 aromatic heterocycles. The van der Waals surface area contributed by atoms with Gasteiger partial charge < -0.3 is 20.3 Å². The zero-order valence-electron chi connectivity index (χ0n) is 10.6. The summed E-state index contributed by atoms with van der Waals surface area (Å²) in [5.41, 5.74) is -1.79. The van der Waals surface area contributed by atoms with Crippen molar-refractivity contribution in [1.82, 2.24) is 0 Å². The average molecular weight is 309 g/mol. The zero-order chi connectivity index (χ0) is 13.5. The van der Waals surface area contributed by atoms with Crippen LogP contribution in [0.2, 0.25) is 0 Å². The van der Waals surface area contributed by atoms with Crippen LogP contribution in [0.1, 0.15) is 40.0 Å². The Hall–Kier alpha value is 0.385. The third-order valence-electron chi connectivity index (χ3n) is 4.64. The molecule has 0 saturated heterocycles. The van der Waals surface area contributed by atoms with Crippen LogP contribution in [0.4, 0.5) is 0 Å². The Labute approximate surface area is 111 Å². The van der Waals surface area contributed by atoms with Crippen molar-refractivity contribution in [3.63, 3.8) is 0 Å². The molecule has 6 heteroatoms. The van der Waals surface area contributed by atoms with E-state index < -0.39 is 18.3 Å². The Morgan fingerprint density at radius 3 is 1.94 bits per heavy atom. The predicted molar refractivity (Wildman–Crippen MR) is 70.7 cm³/mol. The number of rotatable bonds is 1. The highest BCUT2D eigenvalue weighted by Crippen LogP contribution is 2.65. The molecule has 0 radical (unpaired) electrons. The SMILES string of the molecule is CC1(O)CCC2CC1(O)C2(C)C.OB(O)CBr. The van der Waals surface area contributed by atoms with Gasteiger partial charge in [-0.2, -0.15) is 0 Å². The molecule has 0 amide bonds. The predicted octanol–water partition coefficient (Wildman–Crippen LogP) is 0.702. The minimum atomic E-state index is -1.20. The molecule has 100 valence electrons. The number of hydrogen-bond acceptors (Lipinski definition) is 4. The summed E-state index contributed by atoms with van der Waals surface area (Å²) in [7, 11) is -1.20. The first-order valence-corrected chi connectivity index (χ1v) is 7.07. The van der Waals surface area contributed by atoms with Gasteiger partial charge in [0.2, 0.25) is 0 Å². The highest BCUT2D eigenvalue weighted by molar-refractivity contribution is 9.09. The lowest BCUT2D eigenvalue weighted by atomic mass is 9.41. The molecule has 0 spiro atoms. The topological polar surface area (TPSA) is 80.9 Å². The fourth-order valence-electron chi connectivity index (χ4n) is 3.12. The zero-order valence-corrected chi connectivity index (χ0v) is 12.2. The minimum Gasteiger partial charge on any atom is -0.427 e. The van der Waals surface area contributed by atoms with Gasteiger partial charge in [-0.05, 0) is 37.5 Å². The van der Waals surface area contributed by atoms with Gasteiger partial charge in [-0.15, -0.1) is 0 Å². The van der Waals surface area contributed by atoms with Crippen molar-refractivity contribution in [3.05, 3.63) is 0 Å². The minimum absolute atomic E-state index is 0.0885. The molecular weight excluding hydrogens is 287 g/mol. The molecular formula is C11H22BBrO4. The van der Waals surface area contributed by atoms with E-state index in [1.165, 1.54) is 0 Å². The largest absolute Gasteiger partial charge is 0.462 e. The van der Waals surface area contributed by atoms with Gasteiger partial charge in [0.05, 0.1) is 11.2 Å². The number of fused-ring (bicyclic) bond motifs is 2. The molecule has 3 unspecified atom stereocenters. The Bertz CT molecular complexity index is 273. The van der Waals surface area contributed by atoms with Crippen molar-refractivity contribution in [2.24, 2.45) is 11.3 Å². The molecule has 0 aromatic carbocycles. The van der Waals surface area contributed by atoms with Crippen LogP contribution in [0.5, 0.6) is 0 Å². The van der Waals surface area contributed by atoms with E-state index in [9.17, 15) is 10.2 Å². The van der Waals surface area contributed by atoms with Crippen molar-refractivity contribution in [2.75, 3.05) is 5.23 Å². The van der Waals surface area contributed by atoms with E-state index in [1.54, 1.807) is 6.92 Å². The maximum Gasteiger partial charge on any atom is 0.462 e. The molecule has 2 bridgehead atoms. The molecule has 3 saturated carbocycles. The lowest BCUT2D eigenvalue weighted by Gasteiger charge is -2.68. The smallest absolute Gasteiger partial charge is 0.427 e. The van der Waals surface area contributed by atoms with E-state index in [2.05, 4.69) is 29.8 Å². The van der Waals surface area contributed by atoms with Crippen molar-refractivity contribution < 1.29 is 20.3 Å². The Balaban J connectivity index is 0.000000249. The van der Waals surface area contributed by atoms with Crippen LogP contribution in [0.3, 0.4) is 0 Å². The standard InChI is InChI=1S/C10H18O2.CH4BBrO2/c1-8(2)7-4-5-9(3,11)10(8,12)6-7;3-1-2(4)5/h7,11-12H,4-6H2,1-3H3;4-5H,1H2. The van der Waals surface area contributed by atoms with E-state index in [1.807, 2.05) is 0 Å². The molecule has 3 aliphatic carbocycles. The summed E-state index contributed by atoms with van der Waals surface area (Å²) >= 11 is 2.81. The van der Waals surface area contributed by atoms with E-state index in [-0.39, 0.29) is 10.6 Å². The Kier molecular flexibility index (Phi) is 4.37. The van der Waals surface area contributed by atoms with E-state index in [4.69, 9.17) is 10.0 Å². The Morgan fingerprint density at radius 1 is 1.24 bits per heavy atom. The van der Waals surface area contributed by atoms with Crippen LogP contribution in [-0.4, -0.2) is 43.8 Å². The second kappa shape index (κ2) is 4.81. The molecule has 4 nitrogen and oxygen atoms in total. The molecule has 17 heavy (non-hydrogen) atoms. The van der Waals surface area contributed by atoms with Crippen LogP contribution < -0.4 is 0 Å². The average Bonchev–Trinajstić information content (AvgIpc) is 2.22. The summed E-state index contributed by atoms with van der Waals surface area (Å²) in [5.74, 6) is 0.614. The molecule has 3 fully saturated rings. The van der Waals surface area contributed by atoms with Gasteiger partial charge in [0, 0.05) is 5.23 Å². The number of hydrogen-bond donors (Lipinski definition) is 4. The van der Waals surface area contributed by atoms with Crippen molar-refractivity contribution in [3.8, 4) is 0 Å². The second-order valence-electron chi connectivity index (χ2n) is 5.93. The third kappa shape index (κ3) is 2.43. The molecule has 4 N–H and O–H groups in total. The molecule has 0 aromatic rings.